The molecule has 2 aromatic rings. The largest absolute Gasteiger partial charge is 0.327 e. The highest BCUT2D eigenvalue weighted by Crippen LogP contribution is 2.25. The molecule has 1 unspecified atom stereocenters. The van der Waals surface area contributed by atoms with Gasteiger partial charge in [0, 0.05) is 21.0 Å². The lowest BCUT2D eigenvalue weighted by Gasteiger charge is -2.12. The lowest BCUT2D eigenvalue weighted by atomic mass is 10.0. The fraction of sp³-hybridized carbons (Fsp3) is 0.231. The molecular weight excluding hydrogens is 309 g/mol. The molecular formula is C13H12Cl3NS. The molecule has 18 heavy (non-hydrogen) atoms. The van der Waals surface area contributed by atoms with Crippen LogP contribution in [0.3, 0.4) is 0 Å². The first-order valence-corrected chi connectivity index (χ1v) is 7.49. The van der Waals surface area contributed by atoms with Crippen LogP contribution in [0.5, 0.6) is 0 Å². The molecule has 0 saturated carbocycles. The van der Waals surface area contributed by atoms with Gasteiger partial charge < -0.3 is 5.73 Å². The van der Waals surface area contributed by atoms with Gasteiger partial charge in [0.1, 0.15) is 0 Å². The molecule has 0 fully saturated rings. The van der Waals surface area contributed by atoms with Gasteiger partial charge in [-0.05, 0) is 42.0 Å². The molecule has 96 valence electrons. The molecule has 0 bridgehead atoms. The first-order chi connectivity index (χ1) is 8.56. The molecule has 0 aliphatic carbocycles. The van der Waals surface area contributed by atoms with Gasteiger partial charge in [-0.1, -0.05) is 40.9 Å². The van der Waals surface area contributed by atoms with Gasteiger partial charge in [0.25, 0.3) is 0 Å². The number of thiophene rings is 1. The average molecular weight is 321 g/mol. The van der Waals surface area contributed by atoms with Gasteiger partial charge in [0.05, 0.1) is 5.02 Å². The number of halogens is 3. The van der Waals surface area contributed by atoms with Gasteiger partial charge >= 0.3 is 0 Å². The normalized spacial score (nSPS) is 12.7. The van der Waals surface area contributed by atoms with Crippen molar-refractivity contribution in [2.45, 2.75) is 18.9 Å². The average Bonchev–Trinajstić information content (AvgIpc) is 2.69. The Labute approximate surface area is 125 Å². The first-order valence-electron chi connectivity index (χ1n) is 5.47. The van der Waals surface area contributed by atoms with E-state index in [1.54, 1.807) is 17.4 Å². The molecule has 0 aliphatic rings. The minimum Gasteiger partial charge on any atom is -0.327 e. The summed E-state index contributed by atoms with van der Waals surface area (Å²) in [6.45, 7) is 0. The molecule has 5 heteroatoms. The van der Waals surface area contributed by atoms with Crippen molar-refractivity contribution >= 4 is 46.1 Å². The third kappa shape index (κ3) is 3.62. The summed E-state index contributed by atoms with van der Waals surface area (Å²) in [6, 6.07) is 7.38. The van der Waals surface area contributed by atoms with Crippen molar-refractivity contribution in [3.05, 3.63) is 55.2 Å². The highest BCUT2D eigenvalue weighted by molar-refractivity contribution is 7.10. The van der Waals surface area contributed by atoms with Crippen molar-refractivity contribution < 1.29 is 0 Å². The predicted molar refractivity (Wildman–Crippen MR) is 81.2 cm³/mol. The van der Waals surface area contributed by atoms with Crippen LogP contribution < -0.4 is 5.73 Å². The van der Waals surface area contributed by atoms with Crippen molar-refractivity contribution in [1.82, 2.24) is 0 Å². The standard InChI is InChI=1S/C13H12Cl3NS/c14-9-2-1-8(12(16)6-9)5-10(17)7-13-11(15)3-4-18-13/h1-4,6,10H,5,7,17H2. The summed E-state index contributed by atoms with van der Waals surface area (Å²) >= 11 is 19.7. The van der Waals surface area contributed by atoms with Crippen LogP contribution in [0.2, 0.25) is 15.1 Å². The van der Waals surface area contributed by atoms with Crippen LogP contribution in [0.1, 0.15) is 10.4 Å². The van der Waals surface area contributed by atoms with Gasteiger partial charge in [0.15, 0.2) is 0 Å². The SMILES string of the molecule is NC(Cc1ccc(Cl)cc1Cl)Cc1sccc1Cl. The highest BCUT2D eigenvalue weighted by atomic mass is 35.5. The van der Waals surface area contributed by atoms with Crippen LogP contribution in [0.15, 0.2) is 29.6 Å². The first kappa shape index (κ1) is 14.2. The summed E-state index contributed by atoms with van der Waals surface area (Å²) in [4.78, 5) is 1.12. The van der Waals surface area contributed by atoms with Gasteiger partial charge in [-0.3, -0.25) is 0 Å². The Morgan fingerprint density at radius 1 is 1.06 bits per heavy atom. The second-order valence-electron chi connectivity index (χ2n) is 4.10. The molecule has 0 spiro atoms. The zero-order valence-electron chi connectivity index (χ0n) is 9.50. The number of nitrogens with two attached hydrogens (primary N) is 1. The van der Waals surface area contributed by atoms with Crippen molar-refractivity contribution in [2.24, 2.45) is 5.73 Å². The maximum absolute atomic E-state index is 6.13. The van der Waals surface area contributed by atoms with Crippen LogP contribution in [0, 0.1) is 0 Å². The molecule has 0 radical (unpaired) electrons. The van der Waals surface area contributed by atoms with E-state index in [1.165, 1.54) is 0 Å². The van der Waals surface area contributed by atoms with Gasteiger partial charge in [-0.25, -0.2) is 0 Å². The van der Waals surface area contributed by atoms with E-state index in [0.29, 0.717) is 16.5 Å². The number of hydrogen-bond donors (Lipinski definition) is 1. The van der Waals surface area contributed by atoms with E-state index in [0.717, 1.165) is 21.9 Å². The Morgan fingerprint density at radius 3 is 2.44 bits per heavy atom. The minimum absolute atomic E-state index is 0.000162. The smallest absolute Gasteiger partial charge is 0.0545 e. The molecule has 1 nitrogen and oxygen atoms in total. The molecule has 0 saturated heterocycles. The third-order valence-electron chi connectivity index (χ3n) is 2.64. The van der Waals surface area contributed by atoms with E-state index in [1.807, 2.05) is 23.6 Å². The third-order valence-corrected chi connectivity index (χ3v) is 4.63. The van der Waals surface area contributed by atoms with Crippen LogP contribution in [0.25, 0.3) is 0 Å². The Bertz CT molecular complexity index is 539. The molecule has 0 amide bonds. The van der Waals surface area contributed by atoms with Gasteiger partial charge in [-0.15, -0.1) is 11.3 Å². The molecule has 1 heterocycles. The van der Waals surface area contributed by atoms with E-state index in [-0.39, 0.29) is 6.04 Å². The molecule has 2 rings (SSSR count). The van der Waals surface area contributed by atoms with E-state index >= 15 is 0 Å². The zero-order valence-corrected chi connectivity index (χ0v) is 12.6. The molecule has 1 aromatic heterocycles. The van der Waals surface area contributed by atoms with E-state index in [2.05, 4.69) is 0 Å². The van der Waals surface area contributed by atoms with Gasteiger partial charge in [-0.2, -0.15) is 0 Å². The maximum Gasteiger partial charge on any atom is 0.0545 e. The number of benzene rings is 1. The van der Waals surface area contributed by atoms with Gasteiger partial charge in [0.2, 0.25) is 0 Å². The Hall–Kier alpha value is -0.250. The topological polar surface area (TPSA) is 26.0 Å². The lowest BCUT2D eigenvalue weighted by Crippen LogP contribution is -2.25. The lowest BCUT2D eigenvalue weighted by molar-refractivity contribution is 0.671. The number of hydrogen-bond acceptors (Lipinski definition) is 2. The van der Waals surface area contributed by atoms with E-state index < -0.39 is 0 Å². The summed E-state index contributed by atoms with van der Waals surface area (Å²) in [6.07, 6.45) is 1.47. The minimum atomic E-state index is -0.000162. The Balaban J connectivity index is 2.03. The quantitative estimate of drug-likeness (QED) is 0.858. The van der Waals surface area contributed by atoms with Crippen LogP contribution in [-0.4, -0.2) is 6.04 Å². The summed E-state index contributed by atoms with van der Waals surface area (Å²) in [5.41, 5.74) is 7.14. The molecule has 2 N–H and O–H groups in total. The summed E-state index contributed by atoms with van der Waals surface area (Å²) in [7, 11) is 0. The molecule has 0 aliphatic heterocycles. The summed E-state index contributed by atoms with van der Waals surface area (Å²) in [5, 5.41) is 4.06. The maximum atomic E-state index is 6.13. The Morgan fingerprint density at radius 2 is 1.83 bits per heavy atom. The second kappa shape index (κ2) is 6.27. The second-order valence-corrected chi connectivity index (χ2v) is 6.35. The van der Waals surface area contributed by atoms with Crippen LogP contribution in [-0.2, 0) is 12.8 Å². The predicted octanol–water partition coefficient (Wildman–Crippen LogP) is 4.82. The van der Waals surface area contributed by atoms with E-state index in [9.17, 15) is 0 Å². The van der Waals surface area contributed by atoms with Crippen LogP contribution in [0.4, 0.5) is 0 Å². The monoisotopic (exact) mass is 319 g/mol. The number of rotatable bonds is 4. The summed E-state index contributed by atoms with van der Waals surface area (Å²) in [5.74, 6) is 0. The highest BCUT2D eigenvalue weighted by Gasteiger charge is 2.11. The fourth-order valence-electron chi connectivity index (χ4n) is 1.75. The molecule has 1 atom stereocenters. The van der Waals surface area contributed by atoms with E-state index in [4.69, 9.17) is 40.5 Å². The van der Waals surface area contributed by atoms with Crippen molar-refractivity contribution in [1.29, 1.82) is 0 Å². The van der Waals surface area contributed by atoms with Crippen molar-refractivity contribution in [3.8, 4) is 0 Å². The summed E-state index contributed by atoms with van der Waals surface area (Å²) < 4.78 is 0. The molecule has 1 aromatic carbocycles. The zero-order chi connectivity index (χ0) is 13.1. The van der Waals surface area contributed by atoms with Crippen LogP contribution >= 0.6 is 46.1 Å². The fourth-order valence-corrected chi connectivity index (χ4v) is 3.44. The Kier molecular flexibility index (Phi) is 4.93. The van der Waals surface area contributed by atoms with Crippen molar-refractivity contribution in [3.63, 3.8) is 0 Å². The van der Waals surface area contributed by atoms with Crippen molar-refractivity contribution in [2.75, 3.05) is 0 Å².